The van der Waals surface area contributed by atoms with Gasteiger partial charge in [-0.05, 0) is 16.5 Å². The first-order chi connectivity index (χ1) is 8.34. The standard InChI is InChI=1S/C16H24N2/c1-16(2,3)15-9-7-13(8-10-15)14(11-17-4)12-18(5)6/h7-12H,1-6H3/b14-12-,17-11?. The fraction of sp³-hybridized carbons (Fsp3) is 0.438. The average Bonchev–Trinajstić information content (AvgIpc) is 2.27. The third-order valence-corrected chi connectivity index (χ3v) is 2.75. The lowest BCUT2D eigenvalue weighted by atomic mass is 9.86. The summed E-state index contributed by atoms with van der Waals surface area (Å²) in [6.07, 6.45) is 3.98. The first-order valence-electron chi connectivity index (χ1n) is 6.26. The maximum atomic E-state index is 4.12. The molecule has 1 aromatic rings. The molecule has 0 aliphatic carbocycles. The molecule has 1 rings (SSSR count). The molecule has 0 aliphatic rings. The summed E-state index contributed by atoms with van der Waals surface area (Å²) in [5, 5.41) is 0. The first kappa shape index (κ1) is 14.5. The van der Waals surface area contributed by atoms with Crippen LogP contribution < -0.4 is 0 Å². The van der Waals surface area contributed by atoms with Gasteiger partial charge in [-0.15, -0.1) is 0 Å². The van der Waals surface area contributed by atoms with Crippen LogP contribution in [0.3, 0.4) is 0 Å². The van der Waals surface area contributed by atoms with Crippen molar-refractivity contribution in [3.63, 3.8) is 0 Å². The Hall–Kier alpha value is -1.57. The van der Waals surface area contributed by atoms with Gasteiger partial charge in [0.25, 0.3) is 0 Å². The van der Waals surface area contributed by atoms with E-state index in [0.29, 0.717) is 0 Å². The highest BCUT2D eigenvalue weighted by Crippen LogP contribution is 2.24. The van der Waals surface area contributed by atoms with Crippen LogP contribution in [0.15, 0.2) is 35.5 Å². The molecule has 0 bridgehead atoms. The lowest BCUT2D eigenvalue weighted by Crippen LogP contribution is -2.10. The van der Waals surface area contributed by atoms with Gasteiger partial charge in [-0.1, -0.05) is 45.0 Å². The smallest absolute Gasteiger partial charge is 0.0301 e. The van der Waals surface area contributed by atoms with Crippen molar-refractivity contribution in [2.75, 3.05) is 21.1 Å². The van der Waals surface area contributed by atoms with Crippen LogP contribution in [0.2, 0.25) is 0 Å². The zero-order valence-corrected chi connectivity index (χ0v) is 12.4. The molecular weight excluding hydrogens is 220 g/mol. The molecule has 98 valence electrons. The Labute approximate surface area is 111 Å². The van der Waals surface area contributed by atoms with E-state index in [2.05, 4.69) is 56.2 Å². The molecule has 0 N–H and O–H groups in total. The lowest BCUT2D eigenvalue weighted by molar-refractivity contribution is 0.566. The molecule has 0 amide bonds. The van der Waals surface area contributed by atoms with Crippen molar-refractivity contribution in [1.29, 1.82) is 0 Å². The summed E-state index contributed by atoms with van der Waals surface area (Å²) in [6.45, 7) is 6.68. The Morgan fingerprint density at radius 3 is 2.06 bits per heavy atom. The Balaban J connectivity index is 3.09. The summed E-state index contributed by atoms with van der Waals surface area (Å²) in [5.41, 5.74) is 3.87. The molecule has 0 radical (unpaired) electrons. The quantitative estimate of drug-likeness (QED) is 0.742. The number of benzene rings is 1. The fourth-order valence-electron chi connectivity index (χ4n) is 1.76. The summed E-state index contributed by atoms with van der Waals surface area (Å²) < 4.78 is 0. The van der Waals surface area contributed by atoms with Crippen LogP contribution in [0.4, 0.5) is 0 Å². The van der Waals surface area contributed by atoms with Crippen LogP contribution in [0.25, 0.3) is 5.57 Å². The van der Waals surface area contributed by atoms with Gasteiger partial charge in [0.15, 0.2) is 0 Å². The minimum Gasteiger partial charge on any atom is -0.383 e. The van der Waals surface area contributed by atoms with Crippen molar-refractivity contribution >= 4 is 11.8 Å². The van der Waals surface area contributed by atoms with Crippen molar-refractivity contribution in [3.05, 3.63) is 41.6 Å². The Kier molecular flexibility index (Phi) is 4.71. The van der Waals surface area contributed by atoms with E-state index in [0.717, 1.165) is 5.57 Å². The van der Waals surface area contributed by atoms with Crippen LogP contribution in [0, 0.1) is 0 Å². The van der Waals surface area contributed by atoms with Crippen molar-refractivity contribution in [2.24, 2.45) is 4.99 Å². The van der Waals surface area contributed by atoms with Gasteiger partial charge in [0.2, 0.25) is 0 Å². The van der Waals surface area contributed by atoms with E-state index < -0.39 is 0 Å². The number of allylic oxidation sites excluding steroid dienone is 1. The predicted molar refractivity (Wildman–Crippen MR) is 81.2 cm³/mol. The molecule has 1 aromatic carbocycles. The van der Waals surface area contributed by atoms with Crippen molar-refractivity contribution in [3.8, 4) is 0 Å². The third-order valence-electron chi connectivity index (χ3n) is 2.75. The minimum atomic E-state index is 0.197. The Morgan fingerprint density at radius 1 is 1.11 bits per heavy atom. The van der Waals surface area contributed by atoms with Gasteiger partial charge in [-0.25, -0.2) is 0 Å². The molecule has 0 spiro atoms. The second-order valence-corrected chi connectivity index (χ2v) is 5.76. The van der Waals surface area contributed by atoms with Crippen molar-refractivity contribution in [1.82, 2.24) is 4.90 Å². The second kappa shape index (κ2) is 5.85. The molecule has 0 aliphatic heterocycles. The maximum absolute atomic E-state index is 4.12. The van der Waals surface area contributed by atoms with E-state index in [4.69, 9.17) is 0 Å². The third kappa shape index (κ3) is 4.02. The summed E-state index contributed by atoms with van der Waals surface area (Å²) in [4.78, 5) is 6.15. The van der Waals surface area contributed by atoms with Crippen molar-refractivity contribution < 1.29 is 0 Å². The zero-order chi connectivity index (χ0) is 13.8. The van der Waals surface area contributed by atoms with Crippen LogP contribution in [-0.4, -0.2) is 32.3 Å². The van der Waals surface area contributed by atoms with Gasteiger partial charge in [0.1, 0.15) is 0 Å². The van der Waals surface area contributed by atoms with E-state index in [1.165, 1.54) is 11.1 Å². The molecule has 0 saturated heterocycles. The predicted octanol–water partition coefficient (Wildman–Crippen LogP) is 3.59. The van der Waals surface area contributed by atoms with Gasteiger partial charge in [0, 0.05) is 39.1 Å². The zero-order valence-electron chi connectivity index (χ0n) is 12.4. The molecule has 0 heterocycles. The molecule has 0 saturated carbocycles. The highest BCUT2D eigenvalue weighted by atomic mass is 15.0. The lowest BCUT2D eigenvalue weighted by Gasteiger charge is -2.19. The number of aliphatic imine (C=N–C) groups is 1. The summed E-state index contributed by atoms with van der Waals surface area (Å²) in [5.74, 6) is 0. The van der Waals surface area contributed by atoms with E-state index in [1.807, 2.05) is 25.2 Å². The molecule has 2 nitrogen and oxygen atoms in total. The van der Waals surface area contributed by atoms with Crippen LogP contribution >= 0.6 is 0 Å². The largest absolute Gasteiger partial charge is 0.383 e. The topological polar surface area (TPSA) is 15.6 Å². The molecule has 18 heavy (non-hydrogen) atoms. The van der Waals surface area contributed by atoms with Gasteiger partial charge in [-0.3, -0.25) is 4.99 Å². The number of rotatable bonds is 3. The molecule has 0 atom stereocenters. The second-order valence-electron chi connectivity index (χ2n) is 5.76. The molecule has 0 fully saturated rings. The molecule has 0 aromatic heterocycles. The number of nitrogens with zero attached hydrogens (tertiary/aromatic N) is 2. The van der Waals surface area contributed by atoms with Gasteiger partial charge in [0.05, 0.1) is 0 Å². The van der Waals surface area contributed by atoms with Crippen LogP contribution in [0.1, 0.15) is 31.9 Å². The summed E-state index contributed by atoms with van der Waals surface area (Å²) in [6, 6.07) is 8.72. The summed E-state index contributed by atoms with van der Waals surface area (Å²) >= 11 is 0. The van der Waals surface area contributed by atoms with E-state index in [1.54, 1.807) is 7.05 Å². The maximum Gasteiger partial charge on any atom is 0.0301 e. The highest BCUT2D eigenvalue weighted by molar-refractivity contribution is 6.09. The summed E-state index contributed by atoms with van der Waals surface area (Å²) in [7, 11) is 5.84. The average molecular weight is 244 g/mol. The van der Waals surface area contributed by atoms with E-state index >= 15 is 0 Å². The number of hydrogen-bond acceptors (Lipinski definition) is 2. The van der Waals surface area contributed by atoms with Gasteiger partial charge in [-0.2, -0.15) is 0 Å². The Bertz CT molecular complexity index is 431. The first-order valence-corrected chi connectivity index (χ1v) is 6.26. The molecular formula is C16H24N2. The van der Waals surface area contributed by atoms with Crippen LogP contribution in [-0.2, 0) is 5.41 Å². The SMILES string of the molecule is CN=C/C(=C/N(C)C)c1ccc(C(C)(C)C)cc1. The van der Waals surface area contributed by atoms with Crippen molar-refractivity contribution in [2.45, 2.75) is 26.2 Å². The molecule has 2 heteroatoms. The normalized spacial score (nSPS) is 13.1. The van der Waals surface area contributed by atoms with E-state index in [-0.39, 0.29) is 5.41 Å². The fourth-order valence-corrected chi connectivity index (χ4v) is 1.76. The van der Waals surface area contributed by atoms with Gasteiger partial charge < -0.3 is 4.90 Å². The monoisotopic (exact) mass is 244 g/mol. The van der Waals surface area contributed by atoms with E-state index in [9.17, 15) is 0 Å². The minimum absolute atomic E-state index is 0.197. The highest BCUT2D eigenvalue weighted by Gasteiger charge is 2.13. The number of hydrogen-bond donors (Lipinski definition) is 0. The Morgan fingerprint density at radius 2 is 1.67 bits per heavy atom. The molecule has 0 unspecified atom stereocenters. The van der Waals surface area contributed by atoms with Gasteiger partial charge >= 0.3 is 0 Å². The van der Waals surface area contributed by atoms with Crippen LogP contribution in [0.5, 0.6) is 0 Å².